The predicted molar refractivity (Wildman–Crippen MR) is 65.8 cm³/mol. The van der Waals surface area contributed by atoms with Gasteiger partial charge in [0.15, 0.2) is 18.7 Å². The van der Waals surface area contributed by atoms with Gasteiger partial charge in [0.1, 0.15) is 17.6 Å². The average molecular weight is 295 g/mol. The number of nitrogens with zero attached hydrogens (tertiary/aromatic N) is 1. The molecule has 0 unspecified atom stereocenters. The zero-order valence-corrected chi connectivity index (χ0v) is 10.5. The number of benzene rings is 1. The molecule has 0 spiro atoms. The van der Waals surface area contributed by atoms with Crippen LogP contribution in [0.25, 0.3) is 11.3 Å². The Labute approximate surface area is 117 Å². The zero-order chi connectivity index (χ0) is 15.5. The van der Waals surface area contributed by atoms with Crippen LogP contribution in [0.4, 0.5) is 13.2 Å². The number of alkyl halides is 3. The summed E-state index contributed by atoms with van der Waals surface area (Å²) < 4.78 is 46.1. The Bertz CT molecular complexity index is 698. The molecule has 0 fully saturated rings. The lowest BCUT2D eigenvalue weighted by Gasteiger charge is -2.10. The molecule has 21 heavy (non-hydrogen) atoms. The summed E-state index contributed by atoms with van der Waals surface area (Å²) in [6, 6.07) is 8.76. The van der Waals surface area contributed by atoms with E-state index in [1.54, 1.807) is 6.07 Å². The standard InChI is InChI=1S/C14H8F3NO3/c15-14(16,17)8-20-12-3-1-9(5-10(12)6-18)13-4-2-11(7-19)21-13/h1-5,7H,8H2. The van der Waals surface area contributed by atoms with Crippen LogP contribution in [0, 0.1) is 11.3 Å². The number of ether oxygens (including phenoxy) is 1. The van der Waals surface area contributed by atoms with E-state index in [1.807, 2.05) is 0 Å². The van der Waals surface area contributed by atoms with Gasteiger partial charge in [-0.3, -0.25) is 4.79 Å². The number of hydrogen-bond donors (Lipinski definition) is 0. The fourth-order valence-corrected chi connectivity index (χ4v) is 1.63. The largest absolute Gasteiger partial charge is 0.483 e. The van der Waals surface area contributed by atoms with E-state index < -0.39 is 12.8 Å². The minimum atomic E-state index is -4.48. The molecule has 0 amide bonds. The molecular weight excluding hydrogens is 287 g/mol. The number of nitriles is 1. The maximum Gasteiger partial charge on any atom is 0.422 e. The fourth-order valence-electron chi connectivity index (χ4n) is 1.63. The quantitative estimate of drug-likeness (QED) is 0.809. The Morgan fingerprint density at radius 3 is 2.62 bits per heavy atom. The van der Waals surface area contributed by atoms with Crippen LogP contribution < -0.4 is 4.74 Å². The maximum absolute atomic E-state index is 12.1. The van der Waals surface area contributed by atoms with Gasteiger partial charge < -0.3 is 9.15 Å². The Kier molecular flexibility index (Phi) is 3.98. The van der Waals surface area contributed by atoms with E-state index in [0.29, 0.717) is 17.6 Å². The van der Waals surface area contributed by atoms with Gasteiger partial charge in [-0.1, -0.05) is 0 Å². The smallest absolute Gasteiger partial charge is 0.422 e. The zero-order valence-electron chi connectivity index (χ0n) is 10.5. The molecule has 1 heterocycles. The van der Waals surface area contributed by atoms with E-state index in [0.717, 1.165) is 0 Å². The minimum absolute atomic E-state index is 0.0548. The van der Waals surface area contributed by atoms with E-state index in [1.165, 1.54) is 30.3 Å². The van der Waals surface area contributed by atoms with Crippen LogP contribution in [0.15, 0.2) is 34.7 Å². The molecule has 1 aromatic heterocycles. The number of rotatable bonds is 4. The first-order valence-electron chi connectivity index (χ1n) is 5.72. The van der Waals surface area contributed by atoms with Crippen LogP contribution in [0.1, 0.15) is 16.1 Å². The van der Waals surface area contributed by atoms with Gasteiger partial charge in [-0.2, -0.15) is 18.4 Å². The van der Waals surface area contributed by atoms with Crippen molar-refractivity contribution < 1.29 is 27.1 Å². The molecule has 0 atom stereocenters. The van der Waals surface area contributed by atoms with Crippen LogP contribution in [0.2, 0.25) is 0 Å². The van der Waals surface area contributed by atoms with Gasteiger partial charge >= 0.3 is 6.18 Å². The van der Waals surface area contributed by atoms with Crippen molar-refractivity contribution in [2.45, 2.75) is 6.18 Å². The van der Waals surface area contributed by atoms with E-state index in [-0.39, 0.29) is 17.1 Å². The lowest BCUT2D eigenvalue weighted by molar-refractivity contribution is -0.153. The SMILES string of the molecule is N#Cc1cc(-c2ccc(C=O)o2)ccc1OCC(F)(F)F. The van der Waals surface area contributed by atoms with Gasteiger partial charge in [0.05, 0.1) is 5.56 Å². The Balaban J connectivity index is 2.28. The molecule has 108 valence electrons. The highest BCUT2D eigenvalue weighted by molar-refractivity contribution is 5.73. The summed E-state index contributed by atoms with van der Waals surface area (Å²) in [6.07, 6.45) is -3.96. The number of furan rings is 1. The van der Waals surface area contributed by atoms with Crippen molar-refractivity contribution in [3.8, 4) is 23.1 Å². The summed E-state index contributed by atoms with van der Waals surface area (Å²) in [7, 11) is 0. The second-order valence-corrected chi connectivity index (χ2v) is 4.05. The molecule has 4 nitrogen and oxygen atoms in total. The van der Waals surface area contributed by atoms with E-state index in [2.05, 4.69) is 4.74 Å². The normalized spacial score (nSPS) is 11.0. The Morgan fingerprint density at radius 1 is 1.29 bits per heavy atom. The fraction of sp³-hybridized carbons (Fsp3) is 0.143. The van der Waals surface area contributed by atoms with Crippen LogP contribution in [0.3, 0.4) is 0 Å². The number of hydrogen-bond acceptors (Lipinski definition) is 4. The molecule has 0 bridgehead atoms. The van der Waals surface area contributed by atoms with Crippen molar-refractivity contribution in [1.82, 2.24) is 0 Å². The van der Waals surface area contributed by atoms with E-state index >= 15 is 0 Å². The Morgan fingerprint density at radius 2 is 2.05 bits per heavy atom. The minimum Gasteiger partial charge on any atom is -0.483 e. The molecule has 0 N–H and O–H groups in total. The van der Waals surface area contributed by atoms with Crippen molar-refractivity contribution in [2.24, 2.45) is 0 Å². The monoisotopic (exact) mass is 295 g/mol. The van der Waals surface area contributed by atoms with Gasteiger partial charge in [0.2, 0.25) is 0 Å². The molecule has 1 aromatic carbocycles. The van der Waals surface area contributed by atoms with Gasteiger partial charge in [-0.15, -0.1) is 0 Å². The second-order valence-electron chi connectivity index (χ2n) is 4.05. The first-order valence-corrected chi connectivity index (χ1v) is 5.72. The van der Waals surface area contributed by atoms with Gasteiger partial charge in [0, 0.05) is 5.56 Å². The highest BCUT2D eigenvalue weighted by Crippen LogP contribution is 2.28. The molecule has 0 aliphatic heterocycles. The highest BCUT2D eigenvalue weighted by atomic mass is 19.4. The third-order valence-corrected chi connectivity index (χ3v) is 2.52. The van der Waals surface area contributed by atoms with Crippen LogP contribution in [-0.2, 0) is 0 Å². The molecular formula is C14H8F3NO3. The summed E-state index contributed by atoms with van der Waals surface area (Å²) in [5.74, 6) is 0.276. The molecule has 0 saturated carbocycles. The molecule has 7 heteroatoms. The van der Waals surface area contributed by atoms with Crippen LogP contribution in [-0.4, -0.2) is 19.1 Å². The maximum atomic E-state index is 12.1. The van der Waals surface area contributed by atoms with E-state index in [9.17, 15) is 18.0 Å². The lowest BCUT2D eigenvalue weighted by atomic mass is 10.1. The summed E-state index contributed by atoms with van der Waals surface area (Å²) in [5, 5.41) is 8.97. The van der Waals surface area contributed by atoms with Gasteiger partial charge in [-0.05, 0) is 30.3 Å². The molecule has 0 aliphatic carbocycles. The number of carbonyl (C=O) groups excluding carboxylic acids is 1. The van der Waals surface area contributed by atoms with Crippen molar-refractivity contribution in [3.05, 3.63) is 41.7 Å². The number of carbonyl (C=O) groups is 1. The van der Waals surface area contributed by atoms with Crippen molar-refractivity contribution in [1.29, 1.82) is 5.26 Å². The van der Waals surface area contributed by atoms with Crippen LogP contribution >= 0.6 is 0 Å². The summed E-state index contributed by atoms with van der Waals surface area (Å²) in [6.45, 7) is -1.48. The molecule has 0 aliphatic rings. The van der Waals surface area contributed by atoms with Crippen LogP contribution in [0.5, 0.6) is 5.75 Å². The molecule has 2 rings (SSSR count). The first-order chi connectivity index (χ1) is 9.93. The van der Waals surface area contributed by atoms with Crippen molar-refractivity contribution in [3.63, 3.8) is 0 Å². The first kappa shape index (κ1) is 14.7. The Hall–Kier alpha value is -2.75. The molecule has 0 saturated heterocycles. The molecule has 0 radical (unpaired) electrons. The van der Waals surface area contributed by atoms with Crippen molar-refractivity contribution >= 4 is 6.29 Å². The summed E-state index contributed by atoms with van der Waals surface area (Å²) >= 11 is 0. The molecule has 2 aromatic rings. The summed E-state index contributed by atoms with van der Waals surface area (Å²) in [5.41, 5.74) is 0.403. The topological polar surface area (TPSA) is 63.2 Å². The van der Waals surface area contributed by atoms with Gasteiger partial charge in [0.25, 0.3) is 0 Å². The lowest BCUT2D eigenvalue weighted by Crippen LogP contribution is -2.19. The third kappa shape index (κ3) is 3.63. The number of aldehydes is 1. The second kappa shape index (κ2) is 5.71. The average Bonchev–Trinajstić information content (AvgIpc) is 2.93. The third-order valence-electron chi connectivity index (χ3n) is 2.52. The highest BCUT2D eigenvalue weighted by Gasteiger charge is 2.28. The van der Waals surface area contributed by atoms with E-state index in [4.69, 9.17) is 9.68 Å². The number of halogens is 3. The predicted octanol–water partition coefficient (Wildman–Crippen LogP) is 3.57. The van der Waals surface area contributed by atoms with Crippen molar-refractivity contribution in [2.75, 3.05) is 6.61 Å². The van der Waals surface area contributed by atoms with Gasteiger partial charge in [-0.25, -0.2) is 0 Å². The summed E-state index contributed by atoms with van der Waals surface area (Å²) in [4.78, 5) is 10.5.